The van der Waals surface area contributed by atoms with Gasteiger partial charge in [-0.3, -0.25) is 19.2 Å². The van der Waals surface area contributed by atoms with E-state index in [1.54, 1.807) is 18.0 Å². The van der Waals surface area contributed by atoms with Gasteiger partial charge >= 0.3 is 5.97 Å². The van der Waals surface area contributed by atoms with E-state index in [9.17, 15) is 4.79 Å². The molecule has 4 aromatic heterocycles. The molecule has 0 radical (unpaired) electrons. The van der Waals surface area contributed by atoms with Gasteiger partial charge in [0.25, 0.3) is 0 Å². The van der Waals surface area contributed by atoms with E-state index in [1.807, 2.05) is 60.2 Å². The molecule has 10 nitrogen and oxygen atoms in total. The molecule has 0 atom stereocenters. The number of pyridine rings is 1. The van der Waals surface area contributed by atoms with Gasteiger partial charge < -0.3 is 14.0 Å². The smallest absolute Gasteiger partial charge is 0.354 e. The Labute approximate surface area is 288 Å². The second kappa shape index (κ2) is 12.9. The van der Waals surface area contributed by atoms with E-state index in [0.717, 1.165) is 77.7 Å². The molecule has 0 spiro atoms. The molecular formula is C36H38ClN7O3S. The average Bonchev–Trinajstić information content (AvgIpc) is 3.65. The lowest BCUT2D eigenvalue weighted by Gasteiger charge is -2.18. The zero-order chi connectivity index (χ0) is 33.7. The number of hydrogen-bond acceptors (Lipinski definition) is 8. The maximum atomic E-state index is 13.3. The summed E-state index contributed by atoms with van der Waals surface area (Å²) in [6, 6.07) is 14.4. The highest BCUT2D eigenvalue weighted by Gasteiger charge is 2.28. The second-order valence-corrected chi connectivity index (χ2v) is 13.8. The minimum absolute atomic E-state index is 0.390. The van der Waals surface area contributed by atoms with E-state index in [4.69, 9.17) is 31.3 Å². The van der Waals surface area contributed by atoms with Gasteiger partial charge in [-0.15, -0.1) is 11.8 Å². The normalized spacial score (nSPS) is 14.6. The van der Waals surface area contributed by atoms with Crippen molar-refractivity contribution in [2.24, 2.45) is 21.1 Å². The van der Waals surface area contributed by atoms with Crippen LogP contribution in [0, 0.1) is 6.92 Å². The third-order valence-electron chi connectivity index (χ3n) is 9.12. The quantitative estimate of drug-likeness (QED) is 0.174. The first-order valence-electron chi connectivity index (χ1n) is 15.9. The first kappa shape index (κ1) is 32.2. The summed E-state index contributed by atoms with van der Waals surface area (Å²) < 4.78 is 17.6. The van der Waals surface area contributed by atoms with Crippen molar-refractivity contribution in [1.29, 1.82) is 0 Å². The summed E-state index contributed by atoms with van der Waals surface area (Å²) in [4.78, 5) is 21.3. The molecule has 1 aliphatic heterocycles. The van der Waals surface area contributed by atoms with Crippen LogP contribution in [0.2, 0.25) is 5.02 Å². The first-order chi connectivity index (χ1) is 23.1. The number of methoxy groups -OCH3 is 1. The maximum Gasteiger partial charge on any atom is 0.354 e. The number of carbonyl (C=O) groups excluding carboxylic acids is 1. The monoisotopic (exact) mass is 683 g/mol. The van der Waals surface area contributed by atoms with Crippen molar-refractivity contribution in [3.8, 4) is 16.9 Å². The molecule has 0 saturated heterocycles. The fourth-order valence-electron chi connectivity index (χ4n) is 6.95. The number of aromatic nitrogens is 6. The van der Waals surface area contributed by atoms with Gasteiger partial charge in [0.05, 0.1) is 41.3 Å². The lowest BCUT2D eigenvalue weighted by molar-refractivity contribution is 0.0589. The van der Waals surface area contributed by atoms with Gasteiger partial charge in [-0.25, -0.2) is 4.79 Å². The summed E-state index contributed by atoms with van der Waals surface area (Å²) in [6.07, 6.45) is 3.07. The lowest BCUT2D eigenvalue weighted by Crippen LogP contribution is -2.20. The van der Waals surface area contributed by atoms with Crippen molar-refractivity contribution < 1.29 is 14.3 Å². The van der Waals surface area contributed by atoms with Crippen LogP contribution in [0.5, 0.6) is 5.75 Å². The predicted octanol–water partition coefficient (Wildman–Crippen LogP) is 6.86. The molecule has 0 aliphatic carbocycles. The summed E-state index contributed by atoms with van der Waals surface area (Å²) in [7, 11) is 9.38. The highest BCUT2D eigenvalue weighted by molar-refractivity contribution is 7.98. The molecule has 0 saturated carbocycles. The highest BCUT2D eigenvalue weighted by Crippen LogP contribution is 2.42. The number of hydrogen-bond donors (Lipinski definition) is 0. The molecule has 7 rings (SSSR count). The Bertz CT molecular complexity index is 2200. The number of ether oxygens (including phenoxy) is 2. The molecule has 1 aliphatic rings. The third kappa shape index (κ3) is 5.73. The van der Waals surface area contributed by atoms with E-state index in [-0.39, 0.29) is 0 Å². The molecule has 5 heterocycles. The highest BCUT2D eigenvalue weighted by atomic mass is 35.5. The van der Waals surface area contributed by atoms with Gasteiger partial charge in [-0.05, 0) is 62.7 Å². The SMILES string of the molecule is COC(=O)c1c2c3ccc(Cl)c(c3n1C)-c1c(C)nn(C)c1CN(C)Cc1cc(n(C)n1)CSc1cc(c3ncccc3c1)OCCC2. The molecule has 12 heteroatoms. The molecule has 2 aromatic carbocycles. The van der Waals surface area contributed by atoms with Crippen LogP contribution in [0.25, 0.3) is 32.9 Å². The van der Waals surface area contributed by atoms with Crippen LogP contribution in [0.1, 0.15) is 45.2 Å². The summed E-state index contributed by atoms with van der Waals surface area (Å²) in [5.74, 6) is 1.12. The Morgan fingerprint density at radius 3 is 2.67 bits per heavy atom. The number of esters is 1. The van der Waals surface area contributed by atoms with Crippen LogP contribution in [-0.2, 0) is 51.1 Å². The number of nitrogens with zero attached hydrogens (tertiary/aromatic N) is 7. The van der Waals surface area contributed by atoms with Crippen molar-refractivity contribution in [2.45, 2.75) is 43.5 Å². The maximum absolute atomic E-state index is 13.3. The van der Waals surface area contributed by atoms with Gasteiger partial charge in [0.2, 0.25) is 0 Å². The number of halogens is 1. The molecule has 0 unspecified atom stereocenters. The minimum atomic E-state index is -0.390. The van der Waals surface area contributed by atoms with Gasteiger partial charge in [-0.1, -0.05) is 23.7 Å². The van der Waals surface area contributed by atoms with Crippen molar-refractivity contribution in [1.82, 2.24) is 34.0 Å². The molecule has 0 amide bonds. The summed E-state index contributed by atoms with van der Waals surface area (Å²) in [5.41, 5.74) is 8.96. The molecule has 0 fully saturated rings. The van der Waals surface area contributed by atoms with Crippen LogP contribution >= 0.6 is 23.4 Å². The van der Waals surface area contributed by atoms with E-state index >= 15 is 0 Å². The first-order valence-corrected chi connectivity index (χ1v) is 17.3. The molecule has 248 valence electrons. The Balaban J connectivity index is 1.39. The molecular weight excluding hydrogens is 646 g/mol. The largest absolute Gasteiger partial charge is 0.491 e. The van der Waals surface area contributed by atoms with Crippen molar-refractivity contribution in [3.63, 3.8) is 0 Å². The zero-order valence-corrected chi connectivity index (χ0v) is 29.6. The topological polar surface area (TPSA) is 92.2 Å². The van der Waals surface area contributed by atoms with Crippen molar-refractivity contribution in [2.75, 3.05) is 20.8 Å². The van der Waals surface area contributed by atoms with E-state index in [2.05, 4.69) is 41.2 Å². The predicted molar refractivity (Wildman–Crippen MR) is 190 cm³/mol. The number of thioether (sulfide) groups is 1. The van der Waals surface area contributed by atoms with Gasteiger partial charge in [0, 0.05) is 78.7 Å². The van der Waals surface area contributed by atoms with E-state index in [0.29, 0.717) is 43.3 Å². The number of benzene rings is 2. The van der Waals surface area contributed by atoms with E-state index in [1.165, 1.54) is 7.11 Å². The Kier molecular flexibility index (Phi) is 8.69. The standard InChI is InChI=1S/C36H38ClN7O3S/c1-21-31-29(44(5)39-21)19-41(2)18-23-16-24(43(4)40-23)20-48-25-15-22-9-7-13-38-33(22)30(17-25)47-14-8-10-26-27-11-12-28(37)32(31)34(27)42(3)35(26)36(45)46-6/h7,9,11-13,15-17H,8,10,14,18-20H2,1-6H3. The van der Waals surface area contributed by atoms with Gasteiger partial charge in [0.15, 0.2) is 0 Å². The summed E-state index contributed by atoms with van der Waals surface area (Å²) >= 11 is 8.82. The van der Waals surface area contributed by atoms with Crippen LogP contribution in [-0.4, -0.2) is 60.7 Å². The van der Waals surface area contributed by atoms with Crippen LogP contribution in [0.4, 0.5) is 0 Å². The fraction of sp³-hybridized carbons (Fsp3) is 0.333. The Hall–Kier alpha value is -4.32. The summed E-state index contributed by atoms with van der Waals surface area (Å²) in [6.45, 7) is 3.72. The van der Waals surface area contributed by atoms with Crippen molar-refractivity contribution >= 4 is 51.1 Å². The molecule has 8 bridgehead atoms. The third-order valence-corrected chi connectivity index (χ3v) is 10.4. The number of aryl methyl sites for hydroxylation is 5. The summed E-state index contributed by atoms with van der Waals surface area (Å²) in [5, 5.41) is 12.3. The average molecular weight is 684 g/mol. The Morgan fingerprint density at radius 1 is 1.02 bits per heavy atom. The Morgan fingerprint density at radius 2 is 1.85 bits per heavy atom. The number of fused-ring (bicyclic) bond motifs is 8. The molecule has 48 heavy (non-hydrogen) atoms. The molecule has 0 N–H and O–H groups in total. The van der Waals surface area contributed by atoms with Crippen LogP contribution in [0.15, 0.2) is 53.6 Å². The zero-order valence-electron chi connectivity index (χ0n) is 28.0. The number of carbonyl (C=O) groups is 1. The number of rotatable bonds is 1. The lowest BCUT2D eigenvalue weighted by atomic mass is 9.98. The van der Waals surface area contributed by atoms with Crippen LogP contribution in [0.3, 0.4) is 0 Å². The second-order valence-electron chi connectivity index (χ2n) is 12.4. The van der Waals surface area contributed by atoms with E-state index < -0.39 is 5.97 Å². The van der Waals surface area contributed by atoms with Gasteiger partial charge in [0.1, 0.15) is 17.0 Å². The fourth-order valence-corrected chi connectivity index (χ4v) is 8.18. The van der Waals surface area contributed by atoms with Gasteiger partial charge in [-0.2, -0.15) is 10.2 Å². The van der Waals surface area contributed by atoms with Crippen LogP contribution < -0.4 is 4.74 Å². The molecule has 6 aromatic rings. The minimum Gasteiger partial charge on any atom is -0.491 e. The van der Waals surface area contributed by atoms with Crippen molar-refractivity contribution in [3.05, 3.63) is 87.7 Å².